The van der Waals surface area contributed by atoms with E-state index in [2.05, 4.69) is 69.3 Å². The summed E-state index contributed by atoms with van der Waals surface area (Å²) in [7, 11) is 1.67. The van der Waals surface area contributed by atoms with Crippen LogP contribution in [0.1, 0.15) is 40.0 Å². The molecule has 5 nitrogen and oxygen atoms in total. The van der Waals surface area contributed by atoms with Gasteiger partial charge in [-0.2, -0.15) is 5.10 Å². The van der Waals surface area contributed by atoms with Crippen LogP contribution >= 0.6 is 0 Å². The van der Waals surface area contributed by atoms with Crippen molar-refractivity contribution in [3.8, 4) is 28.3 Å². The minimum atomic E-state index is -0.932. The molecule has 0 fully saturated rings. The molecule has 5 aromatic rings. The average molecular weight is 477 g/mol. The molecule has 0 aliphatic carbocycles. The van der Waals surface area contributed by atoms with Crippen molar-refractivity contribution in [3.05, 3.63) is 107 Å². The Morgan fingerprint density at radius 2 is 1.50 bits per heavy atom. The standard InChI is InChI=1S/C31H28N2O3/c1-19-13-20(2)15-27(14-19)29-18-30(26-10-9-25-17-28(36-4)12-11-24(25)16-26)33(32-29)21(3)22-5-7-23(8-6-22)31(34)35/h5-18,21H,1-4H3,(H,34,35). The average Bonchev–Trinajstić information content (AvgIpc) is 3.33. The molecule has 0 saturated carbocycles. The van der Waals surface area contributed by atoms with Gasteiger partial charge in [0.1, 0.15) is 5.75 Å². The third-order valence-electron chi connectivity index (χ3n) is 6.60. The summed E-state index contributed by atoms with van der Waals surface area (Å²) >= 11 is 0. The SMILES string of the molecule is COc1ccc2cc(-c3cc(-c4cc(C)cc(C)c4)nn3C(C)c3ccc(C(=O)O)cc3)ccc2c1. The third kappa shape index (κ3) is 4.48. The van der Waals surface area contributed by atoms with Crippen molar-refractivity contribution < 1.29 is 14.6 Å². The first kappa shape index (κ1) is 23.4. The largest absolute Gasteiger partial charge is 0.497 e. The monoisotopic (exact) mass is 476 g/mol. The fourth-order valence-corrected chi connectivity index (χ4v) is 4.72. The number of benzene rings is 4. The maximum Gasteiger partial charge on any atom is 0.335 e. The van der Waals surface area contributed by atoms with Gasteiger partial charge in [0.05, 0.1) is 30.1 Å². The number of hydrogen-bond acceptors (Lipinski definition) is 3. The summed E-state index contributed by atoms with van der Waals surface area (Å²) in [5.41, 5.74) is 7.68. The quantitative estimate of drug-likeness (QED) is 0.279. The summed E-state index contributed by atoms with van der Waals surface area (Å²) in [4.78, 5) is 11.3. The lowest BCUT2D eigenvalue weighted by molar-refractivity contribution is 0.0697. The molecule has 1 unspecified atom stereocenters. The first-order valence-corrected chi connectivity index (χ1v) is 11.9. The van der Waals surface area contributed by atoms with Gasteiger partial charge in [-0.05, 0) is 85.6 Å². The predicted octanol–water partition coefficient (Wildman–Crippen LogP) is 7.30. The molecule has 36 heavy (non-hydrogen) atoms. The van der Waals surface area contributed by atoms with Crippen LogP contribution in [0.4, 0.5) is 0 Å². The van der Waals surface area contributed by atoms with E-state index < -0.39 is 5.97 Å². The zero-order valence-corrected chi connectivity index (χ0v) is 20.8. The number of hydrogen-bond donors (Lipinski definition) is 1. The smallest absolute Gasteiger partial charge is 0.335 e. The number of carboxylic acids is 1. The molecule has 0 bridgehead atoms. The van der Waals surface area contributed by atoms with E-state index in [1.54, 1.807) is 19.2 Å². The molecule has 4 aromatic carbocycles. The summed E-state index contributed by atoms with van der Waals surface area (Å²) in [5, 5.41) is 16.6. The van der Waals surface area contributed by atoms with Crippen molar-refractivity contribution in [3.63, 3.8) is 0 Å². The van der Waals surface area contributed by atoms with E-state index in [1.807, 2.05) is 28.9 Å². The van der Waals surface area contributed by atoms with Crippen LogP contribution in [0, 0.1) is 13.8 Å². The number of aromatic carboxylic acids is 1. The summed E-state index contributed by atoms with van der Waals surface area (Å²) in [6.45, 7) is 6.28. The highest BCUT2D eigenvalue weighted by atomic mass is 16.5. The highest BCUT2D eigenvalue weighted by Crippen LogP contribution is 2.34. The number of carbonyl (C=O) groups is 1. The van der Waals surface area contributed by atoms with Gasteiger partial charge in [-0.1, -0.05) is 47.5 Å². The highest BCUT2D eigenvalue weighted by molar-refractivity contribution is 5.89. The van der Waals surface area contributed by atoms with Crippen molar-refractivity contribution in [1.82, 2.24) is 9.78 Å². The first-order valence-electron chi connectivity index (χ1n) is 11.9. The maximum absolute atomic E-state index is 11.3. The molecule has 0 aliphatic rings. The van der Waals surface area contributed by atoms with Crippen molar-refractivity contribution in [1.29, 1.82) is 0 Å². The van der Waals surface area contributed by atoms with Gasteiger partial charge in [-0.3, -0.25) is 4.68 Å². The van der Waals surface area contributed by atoms with E-state index in [1.165, 1.54) is 11.1 Å². The van der Waals surface area contributed by atoms with E-state index in [0.29, 0.717) is 0 Å². The van der Waals surface area contributed by atoms with Crippen LogP contribution in [-0.2, 0) is 0 Å². The zero-order valence-electron chi connectivity index (χ0n) is 20.8. The maximum atomic E-state index is 11.3. The van der Waals surface area contributed by atoms with Gasteiger partial charge in [-0.25, -0.2) is 4.79 Å². The number of ether oxygens (including phenoxy) is 1. The van der Waals surface area contributed by atoms with Crippen molar-refractivity contribution >= 4 is 16.7 Å². The van der Waals surface area contributed by atoms with E-state index >= 15 is 0 Å². The Kier molecular flexibility index (Phi) is 6.06. The Balaban J connectivity index is 1.65. The number of aryl methyl sites for hydroxylation is 2. The van der Waals surface area contributed by atoms with Crippen molar-refractivity contribution in [2.75, 3.05) is 7.11 Å². The Morgan fingerprint density at radius 3 is 2.17 bits per heavy atom. The Morgan fingerprint density at radius 1 is 0.833 bits per heavy atom. The Hall–Kier alpha value is -4.38. The molecule has 180 valence electrons. The number of rotatable bonds is 6. The zero-order chi connectivity index (χ0) is 25.4. The normalized spacial score (nSPS) is 12.0. The predicted molar refractivity (Wildman–Crippen MR) is 144 cm³/mol. The highest BCUT2D eigenvalue weighted by Gasteiger charge is 2.19. The molecule has 5 rings (SSSR count). The molecule has 0 aliphatic heterocycles. The second-order valence-electron chi connectivity index (χ2n) is 9.27. The Bertz CT molecular complexity index is 1560. The topological polar surface area (TPSA) is 64.4 Å². The number of aromatic nitrogens is 2. The lowest BCUT2D eigenvalue weighted by atomic mass is 10.0. The van der Waals surface area contributed by atoms with Crippen LogP contribution in [0.2, 0.25) is 0 Å². The fraction of sp³-hybridized carbons (Fsp3) is 0.161. The summed E-state index contributed by atoms with van der Waals surface area (Å²) in [6.07, 6.45) is 0. The van der Waals surface area contributed by atoms with Crippen LogP contribution in [0.3, 0.4) is 0 Å². The van der Waals surface area contributed by atoms with E-state index in [0.717, 1.165) is 44.6 Å². The number of carboxylic acid groups (broad SMARTS) is 1. The Labute approximate surface area is 210 Å². The van der Waals surface area contributed by atoms with Gasteiger partial charge in [-0.15, -0.1) is 0 Å². The molecule has 0 saturated heterocycles. The minimum Gasteiger partial charge on any atom is -0.497 e. The fourth-order valence-electron chi connectivity index (χ4n) is 4.72. The van der Waals surface area contributed by atoms with Crippen molar-refractivity contribution in [2.45, 2.75) is 26.8 Å². The van der Waals surface area contributed by atoms with E-state index in [4.69, 9.17) is 9.84 Å². The molecular weight excluding hydrogens is 448 g/mol. The summed E-state index contributed by atoms with van der Waals surface area (Å²) < 4.78 is 7.42. The van der Waals surface area contributed by atoms with Gasteiger partial charge in [0.15, 0.2) is 0 Å². The summed E-state index contributed by atoms with van der Waals surface area (Å²) in [5.74, 6) is -0.102. The molecule has 0 radical (unpaired) electrons. The number of fused-ring (bicyclic) bond motifs is 1. The molecule has 1 atom stereocenters. The molecule has 1 N–H and O–H groups in total. The third-order valence-corrected chi connectivity index (χ3v) is 6.60. The van der Waals surface area contributed by atoms with E-state index in [-0.39, 0.29) is 11.6 Å². The number of methoxy groups -OCH3 is 1. The van der Waals surface area contributed by atoms with Gasteiger partial charge in [0.2, 0.25) is 0 Å². The van der Waals surface area contributed by atoms with Gasteiger partial charge in [0.25, 0.3) is 0 Å². The molecular formula is C31H28N2O3. The molecule has 1 aromatic heterocycles. The number of nitrogens with zero attached hydrogens (tertiary/aromatic N) is 2. The van der Waals surface area contributed by atoms with Crippen LogP contribution in [-0.4, -0.2) is 28.0 Å². The second kappa shape index (κ2) is 9.34. The first-order chi connectivity index (χ1) is 17.3. The lowest BCUT2D eigenvalue weighted by Gasteiger charge is -2.17. The molecule has 0 amide bonds. The summed E-state index contributed by atoms with van der Waals surface area (Å²) in [6, 6.07) is 28.0. The van der Waals surface area contributed by atoms with Crippen LogP contribution in [0.25, 0.3) is 33.3 Å². The van der Waals surface area contributed by atoms with Gasteiger partial charge < -0.3 is 9.84 Å². The van der Waals surface area contributed by atoms with Crippen LogP contribution in [0.5, 0.6) is 5.75 Å². The van der Waals surface area contributed by atoms with Gasteiger partial charge >= 0.3 is 5.97 Å². The van der Waals surface area contributed by atoms with Crippen LogP contribution in [0.15, 0.2) is 84.9 Å². The molecule has 1 heterocycles. The lowest BCUT2D eigenvalue weighted by Crippen LogP contribution is -2.10. The second-order valence-corrected chi connectivity index (χ2v) is 9.27. The van der Waals surface area contributed by atoms with Crippen molar-refractivity contribution in [2.24, 2.45) is 0 Å². The van der Waals surface area contributed by atoms with E-state index in [9.17, 15) is 9.90 Å². The van der Waals surface area contributed by atoms with Gasteiger partial charge in [0, 0.05) is 11.1 Å². The minimum absolute atomic E-state index is 0.103. The molecule has 0 spiro atoms. The molecule has 5 heteroatoms. The van der Waals surface area contributed by atoms with Crippen LogP contribution < -0.4 is 4.74 Å².